The molecule has 1 saturated heterocycles. The summed E-state index contributed by atoms with van der Waals surface area (Å²) in [6, 6.07) is 5.39. The highest BCUT2D eigenvalue weighted by Gasteiger charge is 2.21. The van der Waals surface area contributed by atoms with E-state index in [-0.39, 0.29) is 12.6 Å². The van der Waals surface area contributed by atoms with Crippen molar-refractivity contribution in [2.45, 2.75) is 38.3 Å². The monoisotopic (exact) mass is 277 g/mol. The summed E-state index contributed by atoms with van der Waals surface area (Å²) in [6.45, 7) is 1.86. The zero-order valence-electron chi connectivity index (χ0n) is 11.7. The topological polar surface area (TPSA) is 92.6 Å². The summed E-state index contributed by atoms with van der Waals surface area (Å²) in [6.07, 6.45) is 4.55. The van der Waals surface area contributed by atoms with E-state index in [1.165, 1.54) is 6.42 Å². The van der Waals surface area contributed by atoms with Crippen LogP contribution in [-0.2, 0) is 6.54 Å². The maximum atomic E-state index is 11.1. The van der Waals surface area contributed by atoms with Gasteiger partial charge in [-0.15, -0.1) is 0 Å². The minimum absolute atomic E-state index is 0.180. The van der Waals surface area contributed by atoms with Crippen LogP contribution in [0.2, 0.25) is 0 Å². The number of carbonyl (C=O) groups is 1. The number of anilines is 1. The minimum atomic E-state index is -0.466. The second kappa shape index (κ2) is 6.72. The molecule has 0 spiro atoms. The lowest BCUT2D eigenvalue weighted by Crippen LogP contribution is -2.37. The highest BCUT2D eigenvalue weighted by molar-refractivity contribution is 5.93. The van der Waals surface area contributed by atoms with E-state index in [1.807, 2.05) is 6.07 Å². The van der Waals surface area contributed by atoms with Crippen molar-refractivity contribution in [1.29, 1.82) is 0 Å². The lowest BCUT2D eigenvalue weighted by atomic mass is 10.1. The average Bonchev–Trinajstić information content (AvgIpc) is 2.65. The van der Waals surface area contributed by atoms with Crippen LogP contribution >= 0.6 is 0 Å². The van der Waals surface area contributed by atoms with E-state index in [0.29, 0.717) is 17.8 Å². The number of likely N-dealkylation sites (tertiary alicyclic amines) is 1. The summed E-state index contributed by atoms with van der Waals surface area (Å²) in [4.78, 5) is 13.4. The first-order valence-corrected chi connectivity index (χ1v) is 7.15. The number of nitrogen functional groups attached to an aromatic ring is 1. The number of aliphatic hydroxyl groups excluding tert-OH is 1. The normalized spacial score (nSPS) is 20.6. The van der Waals surface area contributed by atoms with Crippen LogP contribution in [0, 0.1) is 0 Å². The molecule has 1 fully saturated rings. The maximum Gasteiger partial charge on any atom is 0.248 e. The molecule has 2 rings (SSSR count). The van der Waals surface area contributed by atoms with Crippen molar-refractivity contribution in [2.24, 2.45) is 5.73 Å². The smallest absolute Gasteiger partial charge is 0.248 e. The Hall–Kier alpha value is -1.59. The fourth-order valence-electron chi connectivity index (χ4n) is 2.76. The van der Waals surface area contributed by atoms with E-state index in [2.05, 4.69) is 4.90 Å². The Kier molecular flexibility index (Phi) is 4.98. The number of carbonyl (C=O) groups excluding carboxylic acids is 1. The van der Waals surface area contributed by atoms with Crippen LogP contribution in [-0.4, -0.2) is 35.1 Å². The van der Waals surface area contributed by atoms with Crippen molar-refractivity contribution in [2.75, 3.05) is 18.9 Å². The van der Waals surface area contributed by atoms with Crippen molar-refractivity contribution in [1.82, 2.24) is 4.90 Å². The number of rotatable bonds is 4. The zero-order valence-corrected chi connectivity index (χ0v) is 11.7. The standard InChI is InChI=1S/C15H23N3O2/c16-14-8-11(15(17)20)5-6-12(14)9-18-7-3-1-2-4-13(18)10-19/h5-6,8,13,19H,1-4,7,9-10,16H2,(H2,17,20). The predicted octanol–water partition coefficient (Wildman–Crippen LogP) is 1.10. The van der Waals surface area contributed by atoms with Crippen LogP contribution in [0.15, 0.2) is 18.2 Å². The second-order valence-corrected chi connectivity index (χ2v) is 5.43. The Morgan fingerprint density at radius 3 is 2.80 bits per heavy atom. The van der Waals surface area contributed by atoms with Crippen LogP contribution in [0.1, 0.15) is 41.6 Å². The van der Waals surface area contributed by atoms with Crippen molar-refractivity contribution >= 4 is 11.6 Å². The van der Waals surface area contributed by atoms with E-state index in [1.54, 1.807) is 12.1 Å². The third-order valence-electron chi connectivity index (χ3n) is 4.01. The number of hydrogen-bond donors (Lipinski definition) is 3. The second-order valence-electron chi connectivity index (χ2n) is 5.43. The Balaban J connectivity index is 2.13. The molecule has 1 atom stereocenters. The molecule has 20 heavy (non-hydrogen) atoms. The molecular weight excluding hydrogens is 254 g/mol. The number of nitrogens with two attached hydrogens (primary N) is 2. The molecule has 0 saturated carbocycles. The van der Waals surface area contributed by atoms with Gasteiger partial charge in [0.2, 0.25) is 5.91 Å². The molecule has 1 aliphatic heterocycles. The van der Waals surface area contributed by atoms with Crippen molar-refractivity contribution < 1.29 is 9.90 Å². The van der Waals surface area contributed by atoms with Gasteiger partial charge in [0, 0.05) is 23.8 Å². The highest BCUT2D eigenvalue weighted by Crippen LogP contribution is 2.22. The zero-order chi connectivity index (χ0) is 14.5. The van der Waals surface area contributed by atoms with Crippen molar-refractivity contribution in [3.05, 3.63) is 29.3 Å². The molecule has 1 aromatic rings. The van der Waals surface area contributed by atoms with E-state index in [9.17, 15) is 9.90 Å². The Labute approximate surface area is 119 Å². The average molecular weight is 277 g/mol. The number of amides is 1. The molecule has 0 bridgehead atoms. The van der Waals surface area contributed by atoms with Crippen LogP contribution in [0.3, 0.4) is 0 Å². The Morgan fingerprint density at radius 1 is 1.35 bits per heavy atom. The van der Waals surface area contributed by atoms with Crippen molar-refractivity contribution in [3.8, 4) is 0 Å². The minimum Gasteiger partial charge on any atom is -0.398 e. The summed E-state index contributed by atoms with van der Waals surface area (Å²) in [7, 11) is 0. The summed E-state index contributed by atoms with van der Waals surface area (Å²) in [5, 5.41) is 9.52. The number of primary amides is 1. The molecule has 0 aromatic heterocycles. The van der Waals surface area contributed by atoms with Crippen LogP contribution in [0.4, 0.5) is 5.69 Å². The molecule has 0 aliphatic carbocycles. The first-order chi connectivity index (χ1) is 9.61. The van der Waals surface area contributed by atoms with Crippen LogP contribution < -0.4 is 11.5 Å². The highest BCUT2D eigenvalue weighted by atomic mass is 16.3. The lowest BCUT2D eigenvalue weighted by molar-refractivity contribution is 0.100. The third kappa shape index (κ3) is 3.49. The molecule has 1 aliphatic rings. The fraction of sp³-hybridized carbons (Fsp3) is 0.533. The van der Waals surface area contributed by atoms with E-state index >= 15 is 0 Å². The summed E-state index contributed by atoms with van der Waals surface area (Å²) in [5.41, 5.74) is 13.2. The number of hydrogen-bond acceptors (Lipinski definition) is 4. The van der Waals surface area contributed by atoms with Gasteiger partial charge in [-0.25, -0.2) is 0 Å². The van der Waals surface area contributed by atoms with E-state index in [4.69, 9.17) is 11.5 Å². The van der Waals surface area contributed by atoms with Gasteiger partial charge in [0.25, 0.3) is 0 Å². The van der Waals surface area contributed by atoms with E-state index < -0.39 is 5.91 Å². The number of benzene rings is 1. The SMILES string of the molecule is NC(=O)c1ccc(CN2CCCCCC2CO)c(N)c1. The number of nitrogens with zero attached hydrogens (tertiary/aromatic N) is 1. The molecule has 110 valence electrons. The Morgan fingerprint density at radius 2 is 2.15 bits per heavy atom. The van der Waals surface area contributed by atoms with Crippen molar-refractivity contribution in [3.63, 3.8) is 0 Å². The molecule has 5 nitrogen and oxygen atoms in total. The first-order valence-electron chi connectivity index (χ1n) is 7.15. The number of aliphatic hydroxyl groups is 1. The fourth-order valence-corrected chi connectivity index (χ4v) is 2.76. The van der Waals surface area contributed by atoms with Gasteiger partial charge < -0.3 is 16.6 Å². The molecular formula is C15H23N3O2. The maximum absolute atomic E-state index is 11.1. The van der Waals surface area contributed by atoms with Crippen LogP contribution in [0.5, 0.6) is 0 Å². The molecule has 1 amide bonds. The Bertz CT molecular complexity index is 476. The molecule has 0 radical (unpaired) electrons. The van der Waals surface area contributed by atoms with Gasteiger partial charge in [0.05, 0.1) is 6.61 Å². The van der Waals surface area contributed by atoms with Gasteiger partial charge in [-0.2, -0.15) is 0 Å². The van der Waals surface area contributed by atoms with Gasteiger partial charge in [-0.3, -0.25) is 9.69 Å². The molecule has 5 heteroatoms. The van der Waals surface area contributed by atoms with Gasteiger partial charge >= 0.3 is 0 Å². The summed E-state index contributed by atoms with van der Waals surface area (Å²) in [5.74, 6) is -0.466. The summed E-state index contributed by atoms with van der Waals surface area (Å²) >= 11 is 0. The van der Waals surface area contributed by atoms with Crippen LogP contribution in [0.25, 0.3) is 0 Å². The van der Waals surface area contributed by atoms with E-state index in [0.717, 1.165) is 31.4 Å². The lowest BCUT2D eigenvalue weighted by Gasteiger charge is -2.29. The first kappa shape index (κ1) is 14.8. The van der Waals surface area contributed by atoms with Gasteiger partial charge in [-0.05, 0) is 37.1 Å². The van der Waals surface area contributed by atoms with Gasteiger partial charge in [-0.1, -0.05) is 18.9 Å². The largest absolute Gasteiger partial charge is 0.398 e. The quantitative estimate of drug-likeness (QED) is 0.719. The molecule has 1 unspecified atom stereocenters. The molecule has 1 heterocycles. The predicted molar refractivity (Wildman–Crippen MR) is 79.1 cm³/mol. The summed E-state index contributed by atoms with van der Waals surface area (Å²) < 4.78 is 0. The molecule has 1 aromatic carbocycles. The van der Waals surface area contributed by atoms with Gasteiger partial charge in [0.1, 0.15) is 0 Å². The third-order valence-corrected chi connectivity index (χ3v) is 4.01. The van der Waals surface area contributed by atoms with Gasteiger partial charge in [0.15, 0.2) is 0 Å². The molecule has 5 N–H and O–H groups in total.